The lowest BCUT2D eigenvalue weighted by Gasteiger charge is -2.08. The van der Waals surface area contributed by atoms with Gasteiger partial charge in [0.05, 0.1) is 6.26 Å². The van der Waals surface area contributed by atoms with Gasteiger partial charge in [0.25, 0.3) is 11.8 Å². The zero-order chi connectivity index (χ0) is 19.9. The number of nitrogens with zero attached hydrogens (tertiary/aromatic N) is 2. The second kappa shape index (κ2) is 8.81. The van der Waals surface area contributed by atoms with E-state index in [-0.39, 0.29) is 7.33 Å². The monoisotopic (exact) mass is 377 g/mol. The number of anilines is 1. The first-order chi connectivity index (χ1) is 13.7. The highest BCUT2D eigenvalue weighted by Crippen LogP contribution is 2.26. The maximum atomic E-state index is 12.5. The van der Waals surface area contributed by atoms with E-state index in [1.807, 2.05) is 57.2 Å². The number of hydrogen-bond donors (Lipinski definition) is 1. The van der Waals surface area contributed by atoms with Crippen molar-refractivity contribution in [3.8, 4) is 23.1 Å². The Morgan fingerprint density at radius 2 is 1.75 bits per heavy atom. The standard InChI is InChI=1S/C20H15N3O3.C2H6.H2/c1-13-6-2-3-9-16(13)18(24)21-15-8-4-7-14(12-15)19-22-23-20(26-19)17-10-5-11-25-17;1-2;/h2-12H,1H3,(H,21,24);1-2H3;1H. The minimum atomic E-state index is -0.165. The normalized spacial score (nSPS) is 10.1. The highest BCUT2D eigenvalue weighted by molar-refractivity contribution is 6.05. The second-order valence-corrected chi connectivity index (χ2v) is 5.74. The van der Waals surface area contributed by atoms with E-state index in [0.717, 1.165) is 5.56 Å². The van der Waals surface area contributed by atoms with Crippen LogP contribution >= 0.6 is 0 Å². The molecule has 0 aliphatic heterocycles. The number of furan rings is 1. The minimum absolute atomic E-state index is 0. The van der Waals surface area contributed by atoms with Crippen molar-refractivity contribution in [3.05, 3.63) is 78.1 Å². The Balaban J connectivity index is 0.000000970. The van der Waals surface area contributed by atoms with E-state index in [1.165, 1.54) is 0 Å². The average molecular weight is 377 g/mol. The van der Waals surface area contributed by atoms with Crippen molar-refractivity contribution in [2.75, 3.05) is 5.32 Å². The Morgan fingerprint density at radius 3 is 2.50 bits per heavy atom. The van der Waals surface area contributed by atoms with Crippen molar-refractivity contribution >= 4 is 11.6 Å². The lowest BCUT2D eigenvalue weighted by Crippen LogP contribution is -2.13. The van der Waals surface area contributed by atoms with E-state index >= 15 is 0 Å². The maximum Gasteiger partial charge on any atom is 0.283 e. The van der Waals surface area contributed by atoms with Crippen LogP contribution in [-0.2, 0) is 0 Å². The average Bonchev–Trinajstić information content (AvgIpc) is 3.42. The molecular weight excluding hydrogens is 354 g/mol. The number of aryl methyl sites for hydroxylation is 1. The summed E-state index contributed by atoms with van der Waals surface area (Å²) in [5.41, 5.74) is 2.91. The SMILES string of the molecule is CC.Cc1ccccc1C(=O)Nc1cccc(-c2nnc(-c3ccco3)o2)c1.[HH]. The van der Waals surface area contributed by atoms with Crippen LogP contribution < -0.4 is 5.32 Å². The number of nitrogens with one attached hydrogen (secondary N) is 1. The van der Waals surface area contributed by atoms with E-state index in [0.29, 0.717) is 34.4 Å². The van der Waals surface area contributed by atoms with Gasteiger partial charge in [0, 0.05) is 18.2 Å². The largest absolute Gasteiger partial charge is 0.459 e. The molecule has 1 N–H and O–H groups in total. The molecule has 6 nitrogen and oxygen atoms in total. The van der Waals surface area contributed by atoms with E-state index in [4.69, 9.17) is 8.83 Å². The van der Waals surface area contributed by atoms with E-state index in [2.05, 4.69) is 15.5 Å². The summed E-state index contributed by atoms with van der Waals surface area (Å²) in [5.74, 6) is 0.998. The topological polar surface area (TPSA) is 81.2 Å². The molecule has 144 valence electrons. The molecule has 6 heteroatoms. The van der Waals surface area contributed by atoms with E-state index < -0.39 is 0 Å². The van der Waals surface area contributed by atoms with Crippen LogP contribution in [0.25, 0.3) is 23.1 Å². The number of hydrogen-bond acceptors (Lipinski definition) is 5. The van der Waals surface area contributed by atoms with Gasteiger partial charge in [-0.25, -0.2) is 0 Å². The lowest BCUT2D eigenvalue weighted by molar-refractivity contribution is 0.102. The summed E-state index contributed by atoms with van der Waals surface area (Å²) in [6.07, 6.45) is 1.54. The predicted octanol–water partition coefficient (Wildman–Crippen LogP) is 5.83. The van der Waals surface area contributed by atoms with Crippen LogP contribution in [0.15, 0.2) is 75.8 Å². The third-order valence-electron chi connectivity index (χ3n) is 3.91. The summed E-state index contributed by atoms with van der Waals surface area (Å²) >= 11 is 0. The van der Waals surface area contributed by atoms with Gasteiger partial charge in [-0.15, -0.1) is 10.2 Å². The van der Waals surface area contributed by atoms with Gasteiger partial charge < -0.3 is 14.2 Å². The number of amides is 1. The van der Waals surface area contributed by atoms with Crippen LogP contribution in [-0.4, -0.2) is 16.1 Å². The molecule has 28 heavy (non-hydrogen) atoms. The fourth-order valence-electron chi connectivity index (χ4n) is 2.60. The molecule has 4 aromatic rings. The molecule has 0 unspecified atom stereocenters. The van der Waals surface area contributed by atoms with Crippen LogP contribution in [0.1, 0.15) is 31.2 Å². The van der Waals surface area contributed by atoms with Gasteiger partial charge in [-0.1, -0.05) is 38.1 Å². The molecule has 2 aromatic carbocycles. The fraction of sp³-hybridized carbons (Fsp3) is 0.136. The summed E-state index contributed by atoms with van der Waals surface area (Å²) in [6, 6.07) is 18.2. The van der Waals surface area contributed by atoms with Crippen LogP contribution in [0.3, 0.4) is 0 Å². The smallest absolute Gasteiger partial charge is 0.283 e. The van der Waals surface area contributed by atoms with Gasteiger partial charge in [-0.2, -0.15) is 0 Å². The van der Waals surface area contributed by atoms with Crippen LogP contribution in [0, 0.1) is 6.92 Å². The molecular formula is C22H23N3O3. The third-order valence-corrected chi connectivity index (χ3v) is 3.91. The number of carbonyl (C=O) groups excluding carboxylic acids is 1. The molecule has 0 spiro atoms. The molecule has 0 aliphatic rings. The van der Waals surface area contributed by atoms with Crippen molar-refractivity contribution in [1.29, 1.82) is 0 Å². The molecule has 0 fully saturated rings. The van der Waals surface area contributed by atoms with Crippen molar-refractivity contribution in [2.45, 2.75) is 20.8 Å². The summed E-state index contributed by atoms with van der Waals surface area (Å²) in [6.45, 7) is 5.90. The van der Waals surface area contributed by atoms with Crippen molar-refractivity contribution in [3.63, 3.8) is 0 Å². The third kappa shape index (κ3) is 4.17. The second-order valence-electron chi connectivity index (χ2n) is 5.74. The number of aromatic nitrogens is 2. The molecule has 0 saturated carbocycles. The van der Waals surface area contributed by atoms with Gasteiger partial charge in [-0.05, 0) is 48.9 Å². The molecule has 2 aromatic heterocycles. The molecule has 4 rings (SSSR count). The zero-order valence-corrected chi connectivity index (χ0v) is 16.0. The Hall–Kier alpha value is -3.67. The van der Waals surface area contributed by atoms with Crippen LogP contribution in [0.4, 0.5) is 5.69 Å². The molecule has 0 saturated heterocycles. The quantitative estimate of drug-likeness (QED) is 0.484. The summed E-state index contributed by atoms with van der Waals surface area (Å²) < 4.78 is 10.9. The number of benzene rings is 2. The molecule has 0 atom stereocenters. The van der Waals surface area contributed by atoms with Crippen LogP contribution in [0.2, 0.25) is 0 Å². The lowest BCUT2D eigenvalue weighted by atomic mass is 10.1. The molecule has 0 aliphatic carbocycles. The number of rotatable bonds is 4. The van der Waals surface area contributed by atoms with Gasteiger partial charge in [0.2, 0.25) is 5.89 Å². The van der Waals surface area contributed by atoms with Crippen molar-refractivity contribution < 1.29 is 15.1 Å². The summed E-state index contributed by atoms with van der Waals surface area (Å²) in [5, 5.41) is 10.9. The molecule has 0 bridgehead atoms. The number of carbonyl (C=O) groups is 1. The Labute approximate surface area is 164 Å². The maximum absolute atomic E-state index is 12.5. The minimum Gasteiger partial charge on any atom is -0.459 e. The molecule has 1 amide bonds. The first kappa shape index (κ1) is 19.1. The van der Waals surface area contributed by atoms with Gasteiger partial charge in [-0.3, -0.25) is 4.79 Å². The van der Waals surface area contributed by atoms with Crippen LogP contribution in [0.5, 0.6) is 0 Å². The Morgan fingerprint density at radius 1 is 0.964 bits per heavy atom. The Kier molecular flexibility index (Phi) is 6.01. The Bertz CT molecular complexity index is 1060. The fourth-order valence-corrected chi connectivity index (χ4v) is 2.60. The van der Waals surface area contributed by atoms with Crippen molar-refractivity contribution in [2.24, 2.45) is 0 Å². The van der Waals surface area contributed by atoms with Gasteiger partial charge >= 0.3 is 0 Å². The highest BCUT2D eigenvalue weighted by Gasteiger charge is 2.14. The van der Waals surface area contributed by atoms with Gasteiger partial charge in [0.15, 0.2) is 5.76 Å². The summed E-state index contributed by atoms with van der Waals surface area (Å²) in [4.78, 5) is 12.5. The molecule has 0 radical (unpaired) electrons. The molecule has 2 heterocycles. The zero-order valence-electron chi connectivity index (χ0n) is 16.0. The van der Waals surface area contributed by atoms with E-state index in [9.17, 15) is 4.79 Å². The highest BCUT2D eigenvalue weighted by atomic mass is 16.4. The predicted molar refractivity (Wildman–Crippen MR) is 110 cm³/mol. The first-order valence-electron chi connectivity index (χ1n) is 9.05. The van der Waals surface area contributed by atoms with E-state index in [1.54, 1.807) is 30.5 Å². The summed E-state index contributed by atoms with van der Waals surface area (Å²) in [7, 11) is 0. The van der Waals surface area contributed by atoms with Gasteiger partial charge in [0.1, 0.15) is 0 Å². The van der Waals surface area contributed by atoms with Crippen molar-refractivity contribution in [1.82, 2.24) is 10.2 Å². The first-order valence-corrected chi connectivity index (χ1v) is 9.05.